The van der Waals surface area contributed by atoms with Crippen molar-refractivity contribution in [1.29, 1.82) is 5.26 Å². The summed E-state index contributed by atoms with van der Waals surface area (Å²) in [5, 5.41) is 11.5. The number of hydrogen-bond donors (Lipinski definition) is 1. The Balaban J connectivity index is 1.57. The number of fused-ring (bicyclic) bond motifs is 1. The van der Waals surface area contributed by atoms with E-state index in [-0.39, 0.29) is 24.4 Å². The lowest BCUT2D eigenvalue weighted by Crippen LogP contribution is -2.52. The number of hydrogen-bond acceptors (Lipinski definition) is 4. The first-order chi connectivity index (χ1) is 17.1. The number of likely N-dealkylation sites (tertiary alicyclic amines) is 1. The number of nitriles is 1. The zero-order valence-electron chi connectivity index (χ0n) is 20.1. The monoisotopic (exact) mass is 503 g/mol. The topological polar surface area (TPSA) is 65.4 Å². The van der Waals surface area contributed by atoms with Crippen LogP contribution in [0.3, 0.4) is 0 Å². The molecule has 4 rings (SSSR count). The largest absolute Gasteiger partial charge is 0.407 e. The number of carbonyl (C=O) groups is 1. The molecular formula is C27H29F4N3O2. The third kappa shape index (κ3) is 5.55. The second kappa shape index (κ2) is 10.6. The lowest BCUT2D eigenvalue weighted by atomic mass is 9.97. The zero-order chi connectivity index (χ0) is 26.0. The van der Waals surface area contributed by atoms with Gasteiger partial charge in [-0.15, -0.1) is 0 Å². The lowest BCUT2D eigenvalue weighted by Gasteiger charge is -2.32. The predicted molar refractivity (Wildman–Crippen MR) is 127 cm³/mol. The average molecular weight is 504 g/mol. The van der Waals surface area contributed by atoms with Gasteiger partial charge < -0.3 is 9.64 Å². The van der Waals surface area contributed by atoms with Crippen LogP contribution in [0.2, 0.25) is 0 Å². The van der Waals surface area contributed by atoms with Gasteiger partial charge in [-0.25, -0.2) is 4.39 Å². The van der Waals surface area contributed by atoms with Crippen molar-refractivity contribution in [1.82, 2.24) is 10.2 Å². The number of carbonyl (C=O) groups excluding carboxylic acids is 1. The summed E-state index contributed by atoms with van der Waals surface area (Å²) >= 11 is 0. The third-order valence-electron chi connectivity index (χ3n) is 6.81. The minimum absolute atomic E-state index is 0.0201. The van der Waals surface area contributed by atoms with Crippen LogP contribution in [0, 0.1) is 17.2 Å². The summed E-state index contributed by atoms with van der Waals surface area (Å²) in [5.41, 5.74) is 1.95. The molecule has 2 fully saturated rings. The molecule has 5 atom stereocenters. The van der Waals surface area contributed by atoms with E-state index in [0.29, 0.717) is 24.2 Å². The Morgan fingerprint density at radius 2 is 1.75 bits per heavy atom. The maximum atomic E-state index is 14.4. The number of alkyl halides is 4. The van der Waals surface area contributed by atoms with Gasteiger partial charge in [0.1, 0.15) is 18.3 Å². The molecule has 2 unspecified atom stereocenters. The number of nitrogens with zero attached hydrogens (tertiary/aromatic N) is 2. The van der Waals surface area contributed by atoms with Gasteiger partial charge in [0.15, 0.2) is 0 Å². The van der Waals surface area contributed by atoms with Gasteiger partial charge in [0, 0.05) is 6.61 Å². The summed E-state index contributed by atoms with van der Waals surface area (Å²) in [4.78, 5) is 14.8. The van der Waals surface area contributed by atoms with E-state index in [1.807, 2.05) is 19.9 Å². The highest BCUT2D eigenvalue weighted by molar-refractivity contribution is 5.83. The number of ether oxygens (including phenoxy) is 1. The van der Waals surface area contributed by atoms with Crippen LogP contribution in [-0.2, 0) is 9.53 Å². The smallest absolute Gasteiger partial charge is 0.373 e. The van der Waals surface area contributed by atoms with Crippen molar-refractivity contribution in [3.05, 3.63) is 59.7 Å². The molecule has 0 spiro atoms. The van der Waals surface area contributed by atoms with E-state index < -0.39 is 42.5 Å². The number of nitrogens with one attached hydrogen (secondary N) is 1. The van der Waals surface area contributed by atoms with E-state index in [2.05, 4.69) is 5.32 Å². The summed E-state index contributed by atoms with van der Waals surface area (Å²) in [6.07, 6.45) is -6.04. The predicted octanol–water partition coefficient (Wildman–Crippen LogP) is 5.17. The lowest BCUT2D eigenvalue weighted by molar-refractivity contribution is -0.162. The molecule has 36 heavy (non-hydrogen) atoms. The van der Waals surface area contributed by atoms with Crippen LogP contribution in [0.1, 0.15) is 43.9 Å². The highest BCUT2D eigenvalue weighted by atomic mass is 19.4. The highest BCUT2D eigenvalue weighted by Gasteiger charge is 2.50. The molecule has 5 nitrogen and oxygen atoms in total. The van der Waals surface area contributed by atoms with Crippen LogP contribution in [-0.4, -0.2) is 54.5 Å². The molecule has 2 saturated heterocycles. The molecule has 2 heterocycles. The molecule has 0 bridgehead atoms. The van der Waals surface area contributed by atoms with Gasteiger partial charge in [0.25, 0.3) is 0 Å². The van der Waals surface area contributed by atoms with Gasteiger partial charge in [-0.05, 0) is 47.6 Å². The van der Waals surface area contributed by atoms with Gasteiger partial charge in [-0.3, -0.25) is 10.1 Å². The molecule has 0 radical (unpaired) electrons. The first-order valence-electron chi connectivity index (χ1n) is 12.1. The van der Waals surface area contributed by atoms with E-state index in [0.717, 1.165) is 5.56 Å². The molecule has 0 aliphatic carbocycles. The van der Waals surface area contributed by atoms with Gasteiger partial charge in [-0.2, -0.15) is 18.4 Å². The zero-order valence-corrected chi connectivity index (χ0v) is 20.1. The van der Waals surface area contributed by atoms with E-state index in [1.165, 1.54) is 17.0 Å². The van der Waals surface area contributed by atoms with Crippen LogP contribution >= 0.6 is 0 Å². The Morgan fingerprint density at radius 3 is 2.31 bits per heavy atom. The second-order valence-corrected chi connectivity index (χ2v) is 9.83. The quantitative estimate of drug-likeness (QED) is 0.530. The summed E-state index contributed by atoms with van der Waals surface area (Å²) in [6, 6.07) is 11.1. The number of amides is 1. The summed E-state index contributed by atoms with van der Waals surface area (Å²) in [5.74, 6) is -0.578. The van der Waals surface area contributed by atoms with Crippen molar-refractivity contribution in [2.24, 2.45) is 5.92 Å². The molecule has 0 aromatic heterocycles. The van der Waals surface area contributed by atoms with Gasteiger partial charge in [-0.1, -0.05) is 50.2 Å². The molecular weight excluding hydrogens is 474 g/mol. The van der Waals surface area contributed by atoms with Crippen LogP contribution in [0.5, 0.6) is 0 Å². The van der Waals surface area contributed by atoms with E-state index >= 15 is 0 Å². The Bertz CT molecular complexity index is 1100. The van der Waals surface area contributed by atoms with E-state index in [9.17, 15) is 22.4 Å². The maximum absolute atomic E-state index is 14.4. The molecule has 0 saturated carbocycles. The van der Waals surface area contributed by atoms with Crippen LogP contribution < -0.4 is 5.32 Å². The van der Waals surface area contributed by atoms with Crippen LogP contribution in [0.4, 0.5) is 17.6 Å². The van der Waals surface area contributed by atoms with Crippen molar-refractivity contribution >= 4 is 5.91 Å². The Labute approximate surface area is 208 Å². The Morgan fingerprint density at radius 1 is 1.14 bits per heavy atom. The molecule has 9 heteroatoms. The number of halogens is 4. The Kier molecular flexibility index (Phi) is 7.67. The molecule has 2 aromatic rings. The van der Waals surface area contributed by atoms with Crippen molar-refractivity contribution < 1.29 is 27.1 Å². The first-order valence-corrected chi connectivity index (χ1v) is 12.1. The highest BCUT2D eigenvalue weighted by Crippen LogP contribution is 2.36. The molecule has 2 aliphatic rings. The van der Waals surface area contributed by atoms with Crippen LogP contribution in [0.25, 0.3) is 11.1 Å². The van der Waals surface area contributed by atoms with Crippen molar-refractivity contribution in [2.75, 3.05) is 13.2 Å². The van der Waals surface area contributed by atoms with Gasteiger partial charge in [0.2, 0.25) is 5.91 Å². The fraction of sp³-hybridized carbons (Fsp3) is 0.481. The van der Waals surface area contributed by atoms with E-state index in [1.54, 1.807) is 36.4 Å². The van der Waals surface area contributed by atoms with Crippen molar-refractivity contribution in [2.45, 2.75) is 63.3 Å². The SMILES string of the molecule is CC(C)CC(NC(c1ccc(-c2ccc(C#N)cc2)cc1)C(F)(F)F)C(=O)N1C[C@H](F)[C@H]2OCC[C@H]21. The van der Waals surface area contributed by atoms with Crippen LogP contribution in [0.15, 0.2) is 48.5 Å². The fourth-order valence-electron chi connectivity index (χ4n) is 5.06. The second-order valence-electron chi connectivity index (χ2n) is 9.83. The summed E-state index contributed by atoms with van der Waals surface area (Å²) in [6.45, 7) is 3.83. The van der Waals surface area contributed by atoms with Gasteiger partial charge in [0.05, 0.1) is 30.3 Å². The average Bonchev–Trinajstić information content (AvgIpc) is 3.44. The van der Waals surface area contributed by atoms with Gasteiger partial charge >= 0.3 is 6.18 Å². The standard InChI is InChI=1S/C27H29F4N3O2/c1-16(2)13-22(26(35)34-15-21(28)24-23(34)11-12-36-24)33-25(27(29,30)31)20-9-7-19(8-10-20)18-5-3-17(14-32)4-6-18/h3-10,16,21-25,33H,11-13,15H2,1-2H3/t21-,22?,23+,24+,25?/m0/s1. The fourth-order valence-corrected chi connectivity index (χ4v) is 5.06. The first kappa shape index (κ1) is 26.1. The number of rotatable bonds is 7. The van der Waals surface area contributed by atoms with Crippen molar-refractivity contribution in [3.63, 3.8) is 0 Å². The third-order valence-corrected chi connectivity index (χ3v) is 6.81. The Hall–Kier alpha value is -2.96. The van der Waals surface area contributed by atoms with E-state index in [4.69, 9.17) is 10.00 Å². The summed E-state index contributed by atoms with van der Waals surface area (Å²) < 4.78 is 62.5. The number of benzene rings is 2. The maximum Gasteiger partial charge on any atom is 0.407 e. The molecule has 2 aromatic carbocycles. The normalized spacial score (nSPS) is 23.4. The molecule has 192 valence electrons. The minimum Gasteiger partial charge on any atom is -0.373 e. The minimum atomic E-state index is -4.65. The summed E-state index contributed by atoms with van der Waals surface area (Å²) in [7, 11) is 0. The van der Waals surface area contributed by atoms with Crippen molar-refractivity contribution in [3.8, 4) is 17.2 Å². The molecule has 1 amide bonds. The molecule has 1 N–H and O–H groups in total. The molecule has 2 aliphatic heterocycles.